The van der Waals surface area contributed by atoms with Crippen LogP contribution in [-0.4, -0.2) is 38.2 Å². The van der Waals surface area contributed by atoms with Gasteiger partial charge in [-0.3, -0.25) is 4.79 Å². The lowest BCUT2D eigenvalue weighted by Gasteiger charge is -2.57. The minimum Gasteiger partial charge on any atom is -0.493 e. The first kappa shape index (κ1) is 23.7. The average Bonchev–Trinajstić information content (AvgIpc) is 2.84. The van der Waals surface area contributed by atoms with Crippen molar-refractivity contribution in [2.75, 3.05) is 27.4 Å². The molecule has 5 heteroatoms. The van der Waals surface area contributed by atoms with Gasteiger partial charge in [0.2, 0.25) is 5.91 Å². The molecule has 0 N–H and O–H groups in total. The summed E-state index contributed by atoms with van der Waals surface area (Å²) < 4.78 is 17.7. The van der Waals surface area contributed by atoms with Crippen LogP contribution >= 0.6 is 0 Å². The predicted octanol–water partition coefficient (Wildman–Crippen LogP) is 6.04. The quantitative estimate of drug-likeness (QED) is 0.496. The van der Waals surface area contributed by atoms with E-state index >= 15 is 0 Å². The molecular weight excluding hydrogens is 450 g/mol. The van der Waals surface area contributed by atoms with Gasteiger partial charge in [0.15, 0.2) is 11.5 Å². The summed E-state index contributed by atoms with van der Waals surface area (Å²) in [6, 6.07) is 10.3. The van der Waals surface area contributed by atoms with E-state index in [0.717, 1.165) is 67.0 Å². The summed E-state index contributed by atoms with van der Waals surface area (Å²) in [7, 11) is 3.35. The van der Waals surface area contributed by atoms with E-state index in [1.54, 1.807) is 14.2 Å². The highest BCUT2D eigenvalue weighted by molar-refractivity contribution is 5.84. The van der Waals surface area contributed by atoms with E-state index in [1.165, 1.54) is 36.0 Å². The van der Waals surface area contributed by atoms with E-state index < -0.39 is 0 Å². The Hall–Kier alpha value is -2.69. The third-order valence-corrected chi connectivity index (χ3v) is 9.36. The fourth-order valence-electron chi connectivity index (χ4n) is 8.32. The van der Waals surface area contributed by atoms with Crippen LogP contribution in [0.15, 0.2) is 30.3 Å². The number of nitrogens with zero attached hydrogens (tertiary/aromatic N) is 1. The van der Waals surface area contributed by atoms with Crippen LogP contribution in [0.4, 0.5) is 0 Å². The molecule has 4 aliphatic carbocycles. The molecule has 1 aliphatic heterocycles. The molecule has 0 radical (unpaired) electrons. The predicted molar refractivity (Wildman–Crippen MR) is 140 cm³/mol. The van der Waals surface area contributed by atoms with Gasteiger partial charge in [-0.15, -0.1) is 0 Å². The summed E-state index contributed by atoms with van der Waals surface area (Å²) in [4.78, 5) is 16.7. The van der Waals surface area contributed by atoms with Crippen LogP contribution in [0.5, 0.6) is 17.2 Å². The number of ether oxygens (including phenoxy) is 3. The fourth-order valence-corrected chi connectivity index (χ4v) is 8.32. The number of carbonyl (C=O) groups excluding carboxylic acids is 1. The summed E-state index contributed by atoms with van der Waals surface area (Å²) >= 11 is 0. The molecule has 7 rings (SSSR count). The minimum atomic E-state index is -0.166. The monoisotopic (exact) mass is 489 g/mol. The van der Waals surface area contributed by atoms with Gasteiger partial charge in [0.1, 0.15) is 12.4 Å². The fraction of sp³-hybridized carbons (Fsp3) is 0.581. The summed E-state index contributed by atoms with van der Waals surface area (Å²) in [5, 5.41) is 0. The second-order valence-corrected chi connectivity index (χ2v) is 12.0. The van der Waals surface area contributed by atoms with Crippen molar-refractivity contribution in [3.63, 3.8) is 0 Å². The van der Waals surface area contributed by atoms with Gasteiger partial charge < -0.3 is 19.1 Å². The molecule has 1 atom stereocenters. The number of aryl methyl sites for hydroxylation is 2. The largest absolute Gasteiger partial charge is 0.493 e. The van der Waals surface area contributed by atoms with E-state index in [1.807, 2.05) is 0 Å². The van der Waals surface area contributed by atoms with Crippen molar-refractivity contribution in [1.82, 2.24) is 4.90 Å². The molecule has 2 aromatic rings. The van der Waals surface area contributed by atoms with Crippen LogP contribution in [-0.2, 0) is 11.2 Å². The smallest absolute Gasteiger partial charge is 0.229 e. The first-order valence-electron chi connectivity index (χ1n) is 13.6. The number of benzene rings is 2. The number of hydrogen-bond acceptors (Lipinski definition) is 4. The third-order valence-electron chi connectivity index (χ3n) is 9.36. The second kappa shape index (κ2) is 9.00. The maximum atomic E-state index is 14.5. The highest BCUT2D eigenvalue weighted by Gasteiger charge is 2.56. The molecule has 36 heavy (non-hydrogen) atoms. The van der Waals surface area contributed by atoms with Crippen molar-refractivity contribution in [2.45, 2.75) is 64.8 Å². The molecule has 0 saturated heterocycles. The van der Waals surface area contributed by atoms with Gasteiger partial charge in [0, 0.05) is 6.54 Å². The molecule has 2 aromatic carbocycles. The molecule has 0 aromatic heterocycles. The van der Waals surface area contributed by atoms with Crippen molar-refractivity contribution in [1.29, 1.82) is 0 Å². The van der Waals surface area contributed by atoms with Crippen LogP contribution in [0, 0.1) is 37.0 Å². The number of hydrogen-bond donors (Lipinski definition) is 0. The molecule has 4 saturated carbocycles. The van der Waals surface area contributed by atoms with Crippen LogP contribution in [0.2, 0.25) is 0 Å². The summed E-state index contributed by atoms with van der Waals surface area (Å²) in [6.07, 6.45) is 8.09. The molecule has 4 bridgehead atoms. The first-order valence-corrected chi connectivity index (χ1v) is 13.6. The lowest BCUT2D eigenvalue weighted by Crippen LogP contribution is -2.56. The van der Waals surface area contributed by atoms with Gasteiger partial charge in [-0.05, 0) is 123 Å². The zero-order valence-corrected chi connectivity index (χ0v) is 22.1. The van der Waals surface area contributed by atoms with Crippen molar-refractivity contribution < 1.29 is 19.0 Å². The molecule has 4 fully saturated rings. The number of carbonyl (C=O) groups is 1. The Bertz CT molecular complexity index is 1120. The minimum absolute atomic E-state index is 0.144. The lowest BCUT2D eigenvalue weighted by atomic mass is 9.49. The van der Waals surface area contributed by atoms with Crippen LogP contribution in [0.25, 0.3) is 0 Å². The number of fused-ring (bicyclic) bond motifs is 1. The maximum absolute atomic E-state index is 14.5. The van der Waals surface area contributed by atoms with Crippen molar-refractivity contribution in [2.24, 2.45) is 23.2 Å². The highest BCUT2D eigenvalue weighted by Crippen LogP contribution is 2.61. The van der Waals surface area contributed by atoms with Crippen molar-refractivity contribution in [3.05, 3.63) is 52.6 Å². The number of amides is 1. The van der Waals surface area contributed by atoms with Gasteiger partial charge in [0.25, 0.3) is 0 Å². The van der Waals surface area contributed by atoms with Crippen LogP contribution in [0.3, 0.4) is 0 Å². The maximum Gasteiger partial charge on any atom is 0.229 e. The molecule has 0 unspecified atom stereocenters. The average molecular weight is 490 g/mol. The van der Waals surface area contributed by atoms with Gasteiger partial charge in [-0.25, -0.2) is 0 Å². The van der Waals surface area contributed by atoms with E-state index in [4.69, 9.17) is 14.2 Å². The zero-order chi connectivity index (χ0) is 25.0. The Kier molecular flexibility index (Phi) is 5.93. The molecule has 1 amide bonds. The highest BCUT2D eigenvalue weighted by atomic mass is 16.5. The SMILES string of the molecule is COc1cc2c(cc1OC)[C@H](COc1cc(C)cc(C)c1)N(C(=O)C13CC4CC(CC(C4)C1)C3)CC2. The molecule has 192 valence electrons. The van der Waals surface area contributed by atoms with Crippen molar-refractivity contribution in [3.8, 4) is 17.2 Å². The Morgan fingerprint density at radius 2 is 1.47 bits per heavy atom. The van der Waals surface area contributed by atoms with Crippen molar-refractivity contribution >= 4 is 5.91 Å². The molecule has 5 nitrogen and oxygen atoms in total. The van der Waals surface area contributed by atoms with E-state index in [-0.39, 0.29) is 11.5 Å². The van der Waals surface area contributed by atoms with Gasteiger partial charge in [-0.1, -0.05) is 6.07 Å². The Labute approximate surface area is 215 Å². The van der Waals surface area contributed by atoms with Gasteiger partial charge in [-0.2, -0.15) is 0 Å². The first-order chi connectivity index (χ1) is 17.4. The van der Waals surface area contributed by atoms with Crippen LogP contribution in [0.1, 0.15) is 66.8 Å². The Morgan fingerprint density at radius 1 is 0.889 bits per heavy atom. The topological polar surface area (TPSA) is 48.0 Å². The lowest BCUT2D eigenvalue weighted by molar-refractivity contribution is -0.161. The molecule has 1 heterocycles. The van der Waals surface area contributed by atoms with Gasteiger partial charge >= 0.3 is 0 Å². The van der Waals surface area contributed by atoms with E-state index in [9.17, 15) is 4.79 Å². The second-order valence-electron chi connectivity index (χ2n) is 12.0. The Morgan fingerprint density at radius 3 is 2.06 bits per heavy atom. The third kappa shape index (κ3) is 4.05. The number of rotatable bonds is 6. The van der Waals surface area contributed by atoms with Crippen LogP contribution < -0.4 is 14.2 Å². The van der Waals surface area contributed by atoms with E-state index in [2.05, 4.69) is 49.1 Å². The van der Waals surface area contributed by atoms with E-state index in [0.29, 0.717) is 18.3 Å². The summed E-state index contributed by atoms with van der Waals surface area (Å²) in [5.41, 5.74) is 4.54. The Balaban J connectivity index is 1.35. The normalized spacial score (nSPS) is 30.2. The standard InChI is InChI=1S/C31H39NO4/c1-19-7-20(2)9-25(8-19)36-18-27-26-14-29(35-4)28(34-3)13-24(26)5-6-32(27)30(33)31-15-21-10-22(16-31)12-23(11-21)17-31/h7-9,13-14,21-23,27H,5-6,10-12,15-18H2,1-4H3/t21?,22?,23?,27-,31?/m0/s1. The molecule has 5 aliphatic rings. The van der Waals surface area contributed by atoms with Gasteiger partial charge in [0.05, 0.1) is 25.7 Å². The zero-order valence-electron chi connectivity index (χ0n) is 22.1. The summed E-state index contributed by atoms with van der Waals surface area (Å²) in [5.74, 6) is 4.91. The number of methoxy groups -OCH3 is 2. The molecule has 0 spiro atoms. The summed E-state index contributed by atoms with van der Waals surface area (Å²) in [6.45, 7) is 5.35. The molecular formula is C31H39NO4.